The summed E-state index contributed by atoms with van der Waals surface area (Å²) in [6.45, 7) is 1.66. The van der Waals surface area contributed by atoms with Crippen LogP contribution in [-0.2, 0) is 9.53 Å². The van der Waals surface area contributed by atoms with Crippen molar-refractivity contribution in [3.05, 3.63) is 66.2 Å². The normalized spacial score (nSPS) is 17.8. The molecule has 0 unspecified atom stereocenters. The van der Waals surface area contributed by atoms with Crippen molar-refractivity contribution in [1.29, 1.82) is 0 Å². The van der Waals surface area contributed by atoms with Gasteiger partial charge in [0.05, 0.1) is 11.7 Å². The van der Waals surface area contributed by atoms with E-state index in [1.54, 1.807) is 6.92 Å². The second kappa shape index (κ2) is 7.01. The lowest BCUT2D eigenvalue weighted by Crippen LogP contribution is -2.21. The van der Waals surface area contributed by atoms with E-state index in [1.165, 1.54) is 0 Å². The maximum Gasteiger partial charge on any atom is 0.355 e. The Kier molecular flexibility index (Phi) is 4.62. The molecule has 3 rings (SSSR count). The Hall–Kier alpha value is -3.06. The summed E-state index contributed by atoms with van der Waals surface area (Å²) in [5.74, 6) is 1.93. The van der Waals surface area contributed by atoms with Crippen LogP contribution in [0.15, 0.2) is 65.8 Å². The largest absolute Gasteiger partial charge is 0.445 e. The fourth-order valence-electron chi connectivity index (χ4n) is 2.65. The number of anilines is 1. The van der Waals surface area contributed by atoms with Gasteiger partial charge in [-0.05, 0) is 24.6 Å². The third-order valence-electron chi connectivity index (χ3n) is 3.87. The Morgan fingerprint density at radius 3 is 2.46 bits per heavy atom. The Labute approximate surface area is 141 Å². The van der Waals surface area contributed by atoms with E-state index < -0.39 is 12.1 Å². The SMILES string of the molecule is C#C[C@@H](C)OC(=O)C1=NN(c2ccccc2)[C@@H](c2ccccc2)C1. The zero-order chi connectivity index (χ0) is 16.9. The van der Waals surface area contributed by atoms with E-state index in [2.05, 4.69) is 11.0 Å². The minimum Gasteiger partial charge on any atom is -0.445 e. The summed E-state index contributed by atoms with van der Waals surface area (Å²) in [5, 5.41) is 6.38. The van der Waals surface area contributed by atoms with E-state index in [-0.39, 0.29) is 6.04 Å². The van der Waals surface area contributed by atoms with Crippen LogP contribution in [0, 0.1) is 12.3 Å². The van der Waals surface area contributed by atoms with Crippen LogP contribution < -0.4 is 5.01 Å². The predicted octanol–water partition coefficient (Wildman–Crippen LogP) is 3.56. The van der Waals surface area contributed by atoms with Crippen LogP contribution in [0.3, 0.4) is 0 Å². The van der Waals surface area contributed by atoms with E-state index in [9.17, 15) is 4.79 Å². The van der Waals surface area contributed by atoms with Gasteiger partial charge in [-0.15, -0.1) is 6.42 Å². The van der Waals surface area contributed by atoms with Crippen LogP contribution in [0.5, 0.6) is 0 Å². The summed E-state index contributed by atoms with van der Waals surface area (Å²) in [5.41, 5.74) is 2.41. The van der Waals surface area contributed by atoms with Crippen LogP contribution in [-0.4, -0.2) is 17.8 Å². The second-order valence-corrected chi connectivity index (χ2v) is 5.57. The van der Waals surface area contributed by atoms with Gasteiger partial charge in [-0.1, -0.05) is 54.5 Å². The number of esters is 1. The van der Waals surface area contributed by atoms with Crippen LogP contribution in [0.1, 0.15) is 24.9 Å². The zero-order valence-electron chi connectivity index (χ0n) is 13.4. The molecule has 120 valence electrons. The number of hydrogen-bond donors (Lipinski definition) is 0. The molecule has 0 saturated carbocycles. The van der Waals surface area contributed by atoms with Gasteiger partial charge in [0.25, 0.3) is 0 Å². The van der Waals surface area contributed by atoms with Gasteiger partial charge < -0.3 is 4.74 Å². The molecule has 0 aromatic heterocycles. The number of benzene rings is 2. The fraction of sp³-hybridized carbons (Fsp3) is 0.200. The summed E-state index contributed by atoms with van der Waals surface area (Å²) in [6, 6.07) is 19.7. The number of ether oxygens (including phenoxy) is 1. The summed E-state index contributed by atoms with van der Waals surface area (Å²) >= 11 is 0. The first-order valence-corrected chi connectivity index (χ1v) is 7.83. The Morgan fingerprint density at radius 1 is 1.21 bits per heavy atom. The number of para-hydroxylation sites is 1. The van der Waals surface area contributed by atoms with Gasteiger partial charge >= 0.3 is 5.97 Å². The number of carbonyl (C=O) groups excluding carboxylic acids is 1. The van der Waals surface area contributed by atoms with E-state index in [1.807, 2.05) is 65.7 Å². The monoisotopic (exact) mass is 318 g/mol. The molecule has 1 heterocycles. The van der Waals surface area contributed by atoms with Gasteiger partial charge in [-0.25, -0.2) is 4.79 Å². The second-order valence-electron chi connectivity index (χ2n) is 5.57. The molecule has 0 N–H and O–H groups in total. The molecule has 24 heavy (non-hydrogen) atoms. The predicted molar refractivity (Wildman–Crippen MR) is 94.5 cm³/mol. The van der Waals surface area contributed by atoms with Crippen molar-refractivity contribution in [1.82, 2.24) is 0 Å². The van der Waals surface area contributed by atoms with Crippen molar-refractivity contribution in [2.75, 3.05) is 5.01 Å². The first-order valence-electron chi connectivity index (χ1n) is 7.83. The number of terminal acetylenes is 1. The molecule has 0 saturated heterocycles. The standard InChI is InChI=1S/C20H18N2O2/c1-3-15(2)24-20(23)18-14-19(16-10-6-4-7-11-16)22(21-18)17-12-8-5-9-13-17/h1,4-13,15,19H,14H2,2H3/t15-,19-/m1/s1. The van der Waals surface area contributed by atoms with Gasteiger partial charge in [-0.3, -0.25) is 5.01 Å². The van der Waals surface area contributed by atoms with Gasteiger partial charge in [0.2, 0.25) is 0 Å². The molecule has 0 radical (unpaired) electrons. The molecule has 2 aromatic rings. The van der Waals surface area contributed by atoms with Crippen molar-refractivity contribution >= 4 is 17.4 Å². The Morgan fingerprint density at radius 2 is 1.83 bits per heavy atom. The highest BCUT2D eigenvalue weighted by Gasteiger charge is 2.33. The summed E-state index contributed by atoms with van der Waals surface area (Å²) in [7, 11) is 0. The summed E-state index contributed by atoms with van der Waals surface area (Å²) in [4.78, 5) is 12.3. The third-order valence-corrected chi connectivity index (χ3v) is 3.87. The molecule has 0 amide bonds. The summed E-state index contributed by atoms with van der Waals surface area (Å²) < 4.78 is 5.22. The number of hydrogen-bond acceptors (Lipinski definition) is 4. The minimum atomic E-state index is -0.568. The average molecular weight is 318 g/mol. The molecule has 0 bridgehead atoms. The third kappa shape index (κ3) is 3.31. The summed E-state index contributed by atoms with van der Waals surface area (Å²) in [6.07, 6.45) is 5.19. The first kappa shape index (κ1) is 15.8. The van der Waals surface area contributed by atoms with Crippen molar-refractivity contribution < 1.29 is 9.53 Å². The van der Waals surface area contributed by atoms with Crippen molar-refractivity contribution in [2.24, 2.45) is 5.10 Å². The Bertz CT molecular complexity index is 778. The molecule has 0 aliphatic carbocycles. The number of rotatable bonds is 4. The molecular formula is C20H18N2O2. The lowest BCUT2D eigenvalue weighted by Gasteiger charge is -2.23. The molecule has 0 fully saturated rings. The van der Waals surface area contributed by atoms with Crippen molar-refractivity contribution in [2.45, 2.75) is 25.5 Å². The van der Waals surface area contributed by atoms with E-state index >= 15 is 0 Å². The average Bonchev–Trinajstić information content (AvgIpc) is 3.08. The zero-order valence-corrected chi connectivity index (χ0v) is 13.4. The molecule has 4 nitrogen and oxygen atoms in total. The smallest absolute Gasteiger partial charge is 0.355 e. The topological polar surface area (TPSA) is 41.9 Å². The van der Waals surface area contributed by atoms with Gasteiger partial charge in [0, 0.05) is 6.42 Å². The van der Waals surface area contributed by atoms with E-state index in [4.69, 9.17) is 11.2 Å². The van der Waals surface area contributed by atoms with Crippen LogP contribution in [0.4, 0.5) is 5.69 Å². The molecule has 0 spiro atoms. The maximum absolute atomic E-state index is 12.3. The highest BCUT2D eigenvalue weighted by atomic mass is 16.5. The molecule has 2 aromatic carbocycles. The van der Waals surface area contributed by atoms with E-state index in [0.717, 1.165) is 11.3 Å². The van der Waals surface area contributed by atoms with Crippen molar-refractivity contribution in [3.8, 4) is 12.3 Å². The number of carbonyl (C=O) groups is 1. The molecule has 1 aliphatic rings. The van der Waals surface area contributed by atoms with Crippen LogP contribution in [0.2, 0.25) is 0 Å². The Balaban J connectivity index is 1.91. The lowest BCUT2D eigenvalue weighted by molar-refractivity contribution is -0.137. The van der Waals surface area contributed by atoms with E-state index in [0.29, 0.717) is 12.1 Å². The maximum atomic E-state index is 12.3. The van der Waals surface area contributed by atoms with Gasteiger partial charge in [0.15, 0.2) is 6.10 Å². The highest BCUT2D eigenvalue weighted by molar-refractivity contribution is 6.37. The molecule has 4 heteroatoms. The van der Waals surface area contributed by atoms with Gasteiger partial charge in [-0.2, -0.15) is 5.10 Å². The van der Waals surface area contributed by atoms with Gasteiger partial charge in [0.1, 0.15) is 5.71 Å². The van der Waals surface area contributed by atoms with Crippen molar-refractivity contribution in [3.63, 3.8) is 0 Å². The number of nitrogens with zero attached hydrogens (tertiary/aromatic N) is 2. The molecular weight excluding hydrogens is 300 g/mol. The number of hydrazone groups is 1. The van der Waals surface area contributed by atoms with Crippen LogP contribution >= 0.6 is 0 Å². The molecule has 1 aliphatic heterocycles. The van der Waals surface area contributed by atoms with Crippen LogP contribution in [0.25, 0.3) is 0 Å². The first-order chi connectivity index (χ1) is 11.7. The molecule has 2 atom stereocenters. The fourth-order valence-corrected chi connectivity index (χ4v) is 2.65. The highest BCUT2D eigenvalue weighted by Crippen LogP contribution is 2.35. The lowest BCUT2D eigenvalue weighted by atomic mass is 10.0. The quantitative estimate of drug-likeness (QED) is 0.639. The minimum absolute atomic E-state index is 0.0442.